The van der Waals surface area contributed by atoms with Crippen LogP contribution in [0.5, 0.6) is 0 Å². The van der Waals surface area contributed by atoms with Crippen LogP contribution in [-0.2, 0) is 0 Å². The lowest BCUT2D eigenvalue weighted by Gasteiger charge is -2.03. The van der Waals surface area contributed by atoms with Gasteiger partial charge >= 0.3 is 0 Å². The normalized spacial score (nSPS) is 10.9. The molecule has 0 amide bonds. The second-order valence-electron chi connectivity index (χ2n) is 4.17. The summed E-state index contributed by atoms with van der Waals surface area (Å²) in [5, 5.41) is 0. The highest BCUT2D eigenvalue weighted by Gasteiger charge is 2.03. The van der Waals surface area contributed by atoms with Gasteiger partial charge < -0.3 is 0 Å². The molecule has 2 rings (SSSR count). The zero-order valence-electron chi connectivity index (χ0n) is 10.4. The van der Waals surface area contributed by atoms with Crippen LogP contribution >= 0.6 is 31.9 Å². The summed E-state index contributed by atoms with van der Waals surface area (Å²) in [5.74, 6) is 0.00780. The number of hydrogen-bond donors (Lipinski definition) is 0. The van der Waals surface area contributed by atoms with Crippen LogP contribution in [0.2, 0.25) is 0 Å². The summed E-state index contributed by atoms with van der Waals surface area (Å²) in [6, 6.07) is 13.2. The molecule has 1 nitrogen and oxygen atoms in total. The molecule has 0 aromatic heterocycles. The Morgan fingerprint density at radius 2 is 1.63 bits per heavy atom. The van der Waals surface area contributed by atoms with Crippen molar-refractivity contribution in [3.8, 4) is 0 Å². The van der Waals surface area contributed by atoms with E-state index in [0.29, 0.717) is 5.56 Å². The van der Waals surface area contributed by atoms with Gasteiger partial charge in [-0.1, -0.05) is 68.3 Å². The van der Waals surface area contributed by atoms with Crippen LogP contribution in [0.25, 0.3) is 6.08 Å². The molecule has 0 atom stereocenters. The number of ketones is 1. The van der Waals surface area contributed by atoms with Crippen LogP contribution < -0.4 is 0 Å². The second-order valence-corrected chi connectivity index (χ2v) is 5.88. The number of hydrogen-bond acceptors (Lipinski definition) is 1. The van der Waals surface area contributed by atoms with Gasteiger partial charge in [0.2, 0.25) is 0 Å². The van der Waals surface area contributed by atoms with Crippen LogP contribution in [0.15, 0.2) is 57.5 Å². The van der Waals surface area contributed by atoms with Gasteiger partial charge in [0.25, 0.3) is 0 Å². The molecule has 96 valence electrons. The van der Waals surface area contributed by atoms with E-state index in [1.165, 1.54) is 0 Å². The van der Waals surface area contributed by atoms with Crippen molar-refractivity contribution in [2.45, 2.75) is 6.92 Å². The molecular weight excluding hydrogens is 368 g/mol. The highest BCUT2D eigenvalue weighted by Crippen LogP contribution is 2.26. The largest absolute Gasteiger partial charge is 0.289 e. The molecular formula is C16H12Br2O. The minimum atomic E-state index is 0.00780. The highest BCUT2D eigenvalue weighted by atomic mass is 79.9. The molecule has 2 aromatic carbocycles. The molecule has 0 heterocycles. The third-order valence-electron chi connectivity index (χ3n) is 2.79. The van der Waals surface area contributed by atoms with E-state index in [0.717, 1.165) is 20.1 Å². The molecule has 0 fully saturated rings. The average molecular weight is 380 g/mol. The SMILES string of the molecule is Cc1c(Br)cc(/C=C/C(=O)c2ccccc2)cc1Br. The molecule has 0 saturated heterocycles. The van der Waals surface area contributed by atoms with Gasteiger partial charge in [-0.05, 0) is 36.3 Å². The first-order valence-corrected chi connectivity index (χ1v) is 7.39. The maximum atomic E-state index is 11.9. The topological polar surface area (TPSA) is 17.1 Å². The molecule has 0 radical (unpaired) electrons. The fourth-order valence-corrected chi connectivity index (χ4v) is 2.85. The summed E-state index contributed by atoms with van der Waals surface area (Å²) in [7, 11) is 0. The third kappa shape index (κ3) is 3.64. The standard InChI is InChI=1S/C16H12Br2O/c1-11-14(17)9-12(10-15(11)18)7-8-16(19)13-5-3-2-4-6-13/h2-10H,1H3/b8-7+. The maximum Gasteiger partial charge on any atom is 0.185 e. The Bertz CT molecular complexity index is 607. The first-order valence-electron chi connectivity index (χ1n) is 5.81. The number of carbonyl (C=O) groups excluding carboxylic acids is 1. The van der Waals surface area contributed by atoms with Crippen molar-refractivity contribution in [1.82, 2.24) is 0 Å². The predicted octanol–water partition coefficient (Wildman–Crippen LogP) is 5.42. The van der Waals surface area contributed by atoms with E-state index >= 15 is 0 Å². The van der Waals surface area contributed by atoms with E-state index in [9.17, 15) is 4.79 Å². The Morgan fingerprint density at radius 3 is 2.21 bits per heavy atom. The van der Waals surface area contributed by atoms with Gasteiger partial charge in [-0.15, -0.1) is 0 Å². The lowest BCUT2D eigenvalue weighted by Crippen LogP contribution is -1.92. The fourth-order valence-electron chi connectivity index (χ4n) is 1.63. The minimum Gasteiger partial charge on any atom is -0.289 e. The van der Waals surface area contributed by atoms with E-state index in [2.05, 4.69) is 31.9 Å². The third-order valence-corrected chi connectivity index (χ3v) is 4.44. The van der Waals surface area contributed by atoms with Gasteiger partial charge in [-0.25, -0.2) is 0 Å². The van der Waals surface area contributed by atoms with Crippen molar-refractivity contribution in [2.24, 2.45) is 0 Å². The Labute approximate surface area is 129 Å². The first-order chi connectivity index (χ1) is 9.08. The maximum absolute atomic E-state index is 11.9. The number of allylic oxidation sites excluding steroid dienone is 1. The monoisotopic (exact) mass is 378 g/mol. The number of carbonyl (C=O) groups is 1. The quantitative estimate of drug-likeness (QED) is 0.514. The van der Waals surface area contributed by atoms with E-state index in [1.807, 2.05) is 55.5 Å². The second kappa shape index (κ2) is 6.31. The zero-order valence-corrected chi connectivity index (χ0v) is 13.5. The van der Waals surface area contributed by atoms with Crippen LogP contribution in [0, 0.1) is 6.92 Å². The highest BCUT2D eigenvalue weighted by molar-refractivity contribution is 9.11. The fraction of sp³-hybridized carbons (Fsp3) is 0.0625. The number of halogens is 2. The van der Waals surface area contributed by atoms with E-state index in [-0.39, 0.29) is 5.78 Å². The Morgan fingerprint density at radius 1 is 1.05 bits per heavy atom. The van der Waals surface area contributed by atoms with Gasteiger partial charge in [-0.2, -0.15) is 0 Å². The summed E-state index contributed by atoms with van der Waals surface area (Å²) < 4.78 is 2.04. The van der Waals surface area contributed by atoms with Crippen molar-refractivity contribution in [1.29, 1.82) is 0 Å². The molecule has 0 N–H and O–H groups in total. The molecule has 0 aliphatic rings. The number of rotatable bonds is 3. The molecule has 0 unspecified atom stereocenters. The Kier molecular flexibility index (Phi) is 4.72. The van der Waals surface area contributed by atoms with Crippen molar-refractivity contribution >= 4 is 43.7 Å². The van der Waals surface area contributed by atoms with Crippen LogP contribution in [0.1, 0.15) is 21.5 Å². The van der Waals surface area contributed by atoms with Crippen LogP contribution in [0.4, 0.5) is 0 Å². The first kappa shape index (κ1) is 14.2. The van der Waals surface area contributed by atoms with Gasteiger partial charge in [0, 0.05) is 14.5 Å². The Balaban J connectivity index is 2.22. The molecule has 0 saturated carbocycles. The van der Waals surface area contributed by atoms with Gasteiger partial charge in [0.05, 0.1) is 0 Å². The van der Waals surface area contributed by atoms with Crippen molar-refractivity contribution in [3.05, 3.63) is 74.2 Å². The van der Waals surface area contributed by atoms with Gasteiger partial charge in [-0.3, -0.25) is 4.79 Å². The lowest BCUT2D eigenvalue weighted by molar-refractivity contribution is 0.104. The average Bonchev–Trinajstić information content (AvgIpc) is 2.43. The van der Waals surface area contributed by atoms with Crippen LogP contribution in [-0.4, -0.2) is 5.78 Å². The van der Waals surface area contributed by atoms with Crippen molar-refractivity contribution < 1.29 is 4.79 Å². The molecule has 0 spiro atoms. The summed E-state index contributed by atoms with van der Waals surface area (Å²) in [6.07, 6.45) is 3.42. The van der Waals surface area contributed by atoms with E-state index in [4.69, 9.17) is 0 Å². The zero-order chi connectivity index (χ0) is 13.8. The van der Waals surface area contributed by atoms with E-state index < -0.39 is 0 Å². The predicted molar refractivity (Wildman–Crippen MR) is 86.4 cm³/mol. The summed E-state index contributed by atoms with van der Waals surface area (Å²) in [4.78, 5) is 11.9. The van der Waals surface area contributed by atoms with Gasteiger partial charge in [0.1, 0.15) is 0 Å². The minimum absolute atomic E-state index is 0.00780. The molecule has 0 aliphatic heterocycles. The van der Waals surface area contributed by atoms with E-state index in [1.54, 1.807) is 6.08 Å². The summed E-state index contributed by atoms with van der Waals surface area (Å²) >= 11 is 7.00. The molecule has 0 bridgehead atoms. The molecule has 2 aromatic rings. The van der Waals surface area contributed by atoms with Crippen molar-refractivity contribution in [2.75, 3.05) is 0 Å². The van der Waals surface area contributed by atoms with Crippen LogP contribution in [0.3, 0.4) is 0 Å². The lowest BCUT2D eigenvalue weighted by atomic mass is 10.1. The summed E-state index contributed by atoms with van der Waals surface area (Å²) in [5.41, 5.74) is 2.82. The van der Waals surface area contributed by atoms with Gasteiger partial charge in [0.15, 0.2) is 5.78 Å². The van der Waals surface area contributed by atoms with Crippen molar-refractivity contribution in [3.63, 3.8) is 0 Å². The molecule has 3 heteroatoms. The molecule has 0 aliphatic carbocycles. The summed E-state index contributed by atoms with van der Waals surface area (Å²) in [6.45, 7) is 2.02. The smallest absolute Gasteiger partial charge is 0.185 e. The number of benzene rings is 2. The molecule has 19 heavy (non-hydrogen) atoms. The Hall–Kier alpha value is -1.19.